The summed E-state index contributed by atoms with van der Waals surface area (Å²) in [6.07, 6.45) is 1.85. The number of nitrogens with two attached hydrogens (primary N) is 1. The van der Waals surface area contributed by atoms with Crippen molar-refractivity contribution >= 4 is 11.5 Å². The monoisotopic (exact) mass is 241 g/mol. The third-order valence-corrected chi connectivity index (χ3v) is 2.96. The van der Waals surface area contributed by atoms with Gasteiger partial charge in [0.05, 0.1) is 0 Å². The zero-order valence-electron chi connectivity index (χ0n) is 10.9. The molecule has 94 valence electrons. The lowest BCUT2D eigenvalue weighted by Gasteiger charge is -2.22. The number of rotatable bonds is 4. The van der Waals surface area contributed by atoms with Gasteiger partial charge < -0.3 is 10.6 Å². The molecule has 2 N–H and O–H groups in total. The minimum Gasteiger partial charge on any atom is -0.327 e. The highest BCUT2D eigenvalue weighted by Crippen LogP contribution is 2.23. The first-order chi connectivity index (χ1) is 8.72. The Kier molecular flexibility index (Phi) is 3.95. The highest BCUT2D eigenvalue weighted by molar-refractivity contribution is 5.59. The summed E-state index contributed by atoms with van der Waals surface area (Å²) < 4.78 is 0. The molecule has 18 heavy (non-hydrogen) atoms. The van der Waals surface area contributed by atoms with Crippen molar-refractivity contribution in [1.29, 1.82) is 0 Å². The van der Waals surface area contributed by atoms with Crippen LogP contribution in [0.15, 0.2) is 48.7 Å². The van der Waals surface area contributed by atoms with Crippen LogP contribution in [0, 0.1) is 0 Å². The van der Waals surface area contributed by atoms with E-state index in [1.165, 1.54) is 0 Å². The fourth-order valence-electron chi connectivity index (χ4n) is 1.91. The molecule has 0 bridgehead atoms. The SMILES string of the molecule is CCN(c1ccccc1)c1ccc(C(C)N)cn1. The first-order valence-corrected chi connectivity index (χ1v) is 6.26. The van der Waals surface area contributed by atoms with Gasteiger partial charge in [0.25, 0.3) is 0 Å². The number of benzene rings is 1. The second-order valence-corrected chi connectivity index (χ2v) is 4.32. The topological polar surface area (TPSA) is 42.1 Å². The average Bonchev–Trinajstić information content (AvgIpc) is 2.41. The Morgan fingerprint density at radius 2 is 1.89 bits per heavy atom. The van der Waals surface area contributed by atoms with Gasteiger partial charge in [0.2, 0.25) is 0 Å². The largest absolute Gasteiger partial charge is 0.327 e. The van der Waals surface area contributed by atoms with Crippen LogP contribution in [0.1, 0.15) is 25.5 Å². The summed E-state index contributed by atoms with van der Waals surface area (Å²) in [5, 5.41) is 0. The van der Waals surface area contributed by atoms with Gasteiger partial charge in [-0.3, -0.25) is 0 Å². The number of aromatic nitrogens is 1. The first-order valence-electron chi connectivity index (χ1n) is 6.26. The molecular weight excluding hydrogens is 222 g/mol. The Balaban J connectivity index is 2.28. The number of nitrogens with zero attached hydrogens (tertiary/aromatic N) is 2. The van der Waals surface area contributed by atoms with Crippen molar-refractivity contribution in [1.82, 2.24) is 4.98 Å². The van der Waals surface area contributed by atoms with Crippen LogP contribution >= 0.6 is 0 Å². The minimum atomic E-state index is 0.0263. The lowest BCUT2D eigenvalue weighted by molar-refractivity contribution is 0.810. The van der Waals surface area contributed by atoms with E-state index in [0.717, 1.165) is 23.6 Å². The Hall–Kier alpha value is -1.87. The molecule has 0 radical (unpaired) electrons. The zero-order chi connectivity index (χ0) is 13.0. The van der Waals surface area contributed by atoms with Gasteiger partial charge in [-0.1, -0.05) is 24.3 Å². The van der Waals surface area contributed by atoms with Crippen LogP contribution < -0.4 is 10.6 Å². The fourth-order valence-corrected chi connectivity index (χ4v) is 1.91. The molecule has 0 saturated carbocycles. The van der Waals surface area contributed by atoms with Crippen LogP contribution in [0.25, 0.3) is 0 Å². The lowest BCUT2D eigenvalue weighted by Crippen LogP contribution is -2.17. The van der Waals surface area contributed by atoms with Crippen molar-refractivity contribution in [2.24, 2.45) is 5.73 Å². The summed E-state index contributed by atoms with van der Waals surface area (Å²) in [6, 6.07) is 14.4. The van der Waals surface area contributed by atoms with Crippen LogP contribution in [-0.4, -0.2) is 11.5 Å². The second kappa shape index (κ2) is 5.65. The maximum atomic E-state index is 5.83. The van der Waals surface area contributed by atoms with E-state index in [9.17, 15) is 0 Å². The van der Waals surface area contributed by atoms with Gasteiger partial charge in [0.15, 0.2) is 0 Å². The number of anilines is 2. The highest BCUT2D eigenvalue weighted by Gasteiger charge is 2.08. The first kappa shape index (κ1) is 12.6. The van der Waals surface area contributed by atoms with Gasteiger partial charge in [0.1, 0.15) is 5.82 Å². The summed E-state index contributed by atoms with van der Waals surface area (Å²) in [6.45, 7) is 4.97. The quantitative estimate of drug-likeness (QED) is 0.893. The molecule has 1 heterocycles. The van der Waals surface area contributed by atoms with E-state index in [1.54, 1.807) is 0 Å². The molecule has 0 aliphatic heterocycles. The summed E-state index contributed by atoms with van der Waals surface area (Å²) in [4.78, 5) is 6.67. The van der Waals surface area contributed by atoms with E-state index in [2.05, 4.69) is 28.9 Å². The molecule has 0 amide bonds. The van der Waals surface area contributed by atoms with E-state index in [-0.39, 0.29) is 6.04 Å². The predicted octanol–water partition coefficient (Wildman–Crippen LogP) is 3.26. The van der Waals surface area contributed by atoms with Gasteiger partial charge in [-0.2, -0.15) is 0 Å². The van der Waals surface area contributed by atoms with Crippen LogP contribution in [0.2, 0.25) is 0 Å². The van der Waals surface area contributed by atoms with Crippen LogP contribution in [0.4, 0.5) is 11.5 Å². The van der Waals surface area contributed by atoms with E-state index in [4.69, 9.17) is 5.73 Å². The molecule has 2 rings (SSSR count). The van der Waals surface area contributed by atoms with Gasteiger partial charge in [-0.15, -0.1) is 0 Å². The zero-order valence-corrected chi connectivity index (χ0v) is 10.9. The standard InChI is InChI=1S/C15H19N3/c1-3-18(14-7-5-4-6-8-14)15-10-9-13(11-17-15)12(2)16/h4-12H,3,16H2,1-2H3. The summed E-state index contributed by atoms with van der Waals surface area (Å²) in [5.41, 5.74) is 8.04. The summed E-state index contributed by atoms with van der Waals surface area (Å²) in [7, 11) is 0. The Labute approximate surface area is 108 Å². The van der Waals surface area contributed by atoms with Gasteiger partial charge in [-0.25, -0.2) is 4.98 Å². The Morgan fingerprint density at radius 3 is 2.39 bits per heavy atom. The maximum Gasteiger partial charge on any atom is 0.132 e. The molecule has 0 aliphatic carbocycles. The van der Waals surface area contributed by atoms with Crippen LogP contribution in [0.3, 0.4) is 0 Å². The van der Waals surface area contributed by atoms with Crippen molar-refractivity contribution in [3.8, 4) is 0 Å². The highest BCUT2D eigenvalue weighted by atomic mass is 15.2. The van der Waals surface area contributed by atoms with Gasteiger partial charge in [-0.05, 0) is 37.6 Å². The smallest absolute Gasteiger partial charge is 0.132 e. The molecule has 1 atom stereocenters. The molecule has 1 unspecified atom stereocenters. The molecule has 3 heteroatoms. The maximum absolute atomic E-state index is 5.83. The van der Waals surface area contributed by atoms with Gasteiger partial charge in [0, 0.05) is 24.5 Å². The number of hydrogen-bond donors (Lipinski definition) is 1. The van der Waals surface area contributed by atoms with E-state index < -0.39 is 0 Å². The average molecular weight is 241 g/mol. The molecule has 0 saturated heterocycles. The molecule has 2 aromatic rings. The Bertz CT molecular complexity index is 477. The van der Waals surface area contributed by atoms with Crippen molar-refractivity contribution in [2.45, 2.75) is 19.9 Å². The molecule has 1 aromatic heterocycles. The van der Waals surface area contributed by atoms with Crippen molar-refractivity contribution in [3.63, 3.8) is 0 Å². The predicted molar refractivity (Wildman–Crippen MR) is 76.0 cm³/mol. The van der Waals surface area contributed by atoms with Crippen molar-refractivity contribution in [3.05, 3.63) is 54.2 Å². The van der Waals surface area contributed by atoms with E-state index >= 15 is 0 Å². The number of para-hydroxylation sites is 1. The molecule has 0 spiro atoms. The summed E-state index contributed by atoms with van der Waals surface area (Å²) in [5.74, 6) is 0.952. The second-order valence-electron chi connectivity index (χ2n) is 4.32. The fraction of sp³-hybridized carbons (Fsp3) is 0.267. The molecule has 0 aliphatic rings. The van der Waals surface area contributed by atoms with E-state index in [0.29, 0.717) is 0 Å². The summed E-state index contributed by atoms with van der Waals surface area (Å²) >= 11 is 0. The van der Waals surface area contributed by atoms with E-state index in [1.807, 2.05) is 43.5 Å². The van der Waals surface area contributed by atoms with Gasteiger partial charge >= 0.3 is 0 Å². The minimum absolute atomic E-state index is 0.0263. The molecule has 3 nitrogen and oxygen atoms in total. The third kappa shape index (κ3) is 2.68. The molecule has 0 fully saturated rings. The van der Waals surface area contributed by atoms with Crippen molar-refractivity contribution < 1.29 is 0 Å². The Morgan fingerprint density at radius 1 is 1.17 bits per heavy atom. The number of hydrogen-bond acceptors (Lipinski definition) is 3. The number of pyridine rings is 1. The lowest BCUT2D eigenvalue weighted by atomic mass is 10.1. The van der Waals surface area contributed by atoms with Crippen LogP contribution in [-0.2, 0) is 0 Å². The van der Waals surface area contributed by atoms with Crippen LogP contribution in [0.5, 0.6) is 0 Å². The molecule has 1 aromatic carbocycles. The van der Waals surface area contributed by atoms with Crippen molar-refractivity contribution in [2.75, 3.05) is 11.4 Å². The normalized spacial score (nSPS) is 12.2. The molecular formula is C15H19N3. The third-order valence-electron chi connectivity index (χ3n) is 2.96.